The highest BCUT2D eigenvalue weighted by atomic mass is 16.2. The highest BCUT2D eigenvalue weighted by Gasteiger charge is 2.27. The Bertz CT molecular complexity index is 988. The number of carbonyl (C=O) groups is 2. The monoisotopic (exact) mass is 411 g/mol. The second-order valence-electron chi connectivity index (χ2n) is 8.02. The van der Waals surface area contributed by atoms with Gasteiger partial charge in [-0.05, 0) is 32.3 Å². The Balaban J connectivity index is 1.44. The Kier molecular flexibility index (Phi) is 6.13. The molecule has 2 saturated heterocycles. The molecule has 0 spiro atoms. The van der Waals surface area contributed by atoms with Crippen LogP contribution >= 0.6 is 0 Å². The second-order valence-corrected chi connectivity index (χ2v) is 8.02. The first-order chi connectivity index (χ1) is 14.6. The first kappa shape index (κ1) is 20.5. The molecule has 0 saturated carbocycles. The molecule has 0 aliphatic carbocycles. The predicted octanol–water partition coefficient (Wildman–Crippen LogP) is 1.19. The average Bonchev–Trinajstić information content (AvgIpc) is 2.80. The van der Waals surface area contributed by atoms with Crippen LogP contribution < -0.4 is 5.56 Å². The maximum absolute atomic E-state index is 13.2. The summed E-state index contributed by atoms with van der Waals surface area (Å²) < 4.78 is 1.35. The molecule has 2 aliphatic heterocycles. The van der Waals surface area contributed by atoms with Gasteiger partial charge in [0.05, 0.1) is 11.9 Å². The number of hydrogen-bond acceptors (Lipinski definition) is 5. The third-order valence-corrected chi connectivity index (χ3v) is 6.10. The fraction of sp³-hybridized carbons (Fsp3) is 0.545. The van der Waals surface area contributed by atoms with Crippen molar-refractivity contribution in [2.24, 2.45) is 0 Å². The minimum atomic E-state index is -0.175. The average molecular weight is 412 g/mol. The molecule has 0 unspecified atom stereocenters. The van der Waals surface area contributed by atoms with E-state index in [9.17, 15) is 14.4 Å². The number of benzene rings is 1. The Labute approximate surface area is 176 Å². The number of carbonyl (C=O) groups excluding carboxylic acids is 2. The SMILES string of the molecule is CCn1nc(C(=O)N2CCN(CC(=O)N3CCCCC3)CC2)c2ccccc2c1=O. The van der Waals surface area contributed by atoms with Gasteiger partial charge in [0, 0.05) is 51.2 Å². The molecule has 2 aliphatic rings. The molecule has 160 valence electrons. The fourth-order valence-corrected chi connectivity index (χ4v) is 4.30. The van der Waals surface area contributed by atoms with Crippen molar-refractivity contribution in [2.75, 3.05) is 45.8 Å². The van der Waals surface area contributed by atoms with Crippen molar-refractivity contribution in [2.45, 2.75) is 32.7 Å². The smallest absolute Gasteiger partial charge is 0.275 e. The van der Waals surface area contributed by atoms with Crippen molar-refractivity contribution in [3.63, 3.8) is 0 Å². The molecule has 2 fully saturated rings. The minimum absolute atomic E-state index is 0.157. The van der Waals surface area contributed by atoms with E-state index >= 15 is 0 Å². The fourth-order valence-electron chi connectivity index (χ4n) is 4.30. The van der Waals surface area contributed by atoms with Crippen LogP contribution in [0.4, 0.5) is 0 Å². The Morgan fingerprint density at radius 2 is 1.57 bits per heavy atom. The van der Waals surface area contributed by atoms with Crippen LogP contribution in [0.3, 0.4) is 0 Å². The molecule has 8 heteroatoms. The van der Waals surface area contributed by atoms with Gasteiger partial charge in [0.2, 0.25) is 5.91 Å². The zero-order valence-electron chi connectivity index (χ0n) is 17.5. The molecular weight excluding hydrogens is 382 g/mol. The number of aryl methyl sites for hydroxylation is 1. The van der Waals surface area contributed by atoms with E-state index in [1.54, 1.807) is 23.1 Å². The highest BCUT2D eigenvalue weighted by molar-refractivity contribution is 6.04. The molecule has 0 atom stereocenters. The van der Waals surface area contributed by atoms with E-state index < -0.39 is 0 Å². The zero-order valence-corrected chi connectivity index (χ0v) is 17.5. The molecule has 30 heavy (non-hydrogen) atoms. The highest BCUT2D eigenvalue weighted by Crippen LogP contribution is 2.17. The van der Waals surface area contributed by atoms with Gasteiger partial charge in [0.1, 0.15) is 0 Å². The lowest BCUT2D eigenvalue weighted by molar-refractivity contribution is -0.133. The van der Waals surface area contributed by atoms with Crippen LogP contribution in [0.15, 0.2) is 29.1 Å². The van der Waals surface area contributed by atoms with Crippen molar-refractivity contribution in [1.29, 1.82) is 0 Å². The Morgan fingerprint density at radius 3 is 2.23 bits per heavy atom. The molecular formula is C22H29N5O3. The quantitative estimate of drug-likeness (QED) is 0.755. The number of fused-ring (bicyclic) bond motifs is 1. The van der Waals surface area contributed by atoms with Gasteiger partial charge in [0.15, 0.2) is 5.69 Å². The summed E-state index contributed by atoms with van der Waals surface area (Å²) in [5, 5.41) is 5.48. The maximum Gasteiger partial charge on any atom is 0.275 e. The molecule has 8 nitrogen and oxygen atoms in total. The number of hydrogen-bond donors (Lipinski definition) is 0. The summed E-state index contributed by atoms with van der Waals surface area (Å²) in [7, 11) is 0. The third kappa shape index (κ3) is 4.09. The van der Waals surface area contributed by atoms with Crippen molar-refractivity contribution in [3.05, 3.63) is 40.3 Å². The van der Waals surface area contributed by atoms with Crippen LogP contribution in [0.25, 0.3) is 10.8 Å². The topological polar surface area (TPSA) is 78.8 Å². The van der Waals surface area contributed by atoms with Gasteiger partial charge in [-0.15, -0.1) is 0 Å². The van der Waals surface area contributed by atoms with E-state index in [1.807, 2.05) is 17.9 Å². The number of rotatable bonds is 4. The van der Waals surface area contributed by atoms with Gasteiger partial charge in [0.25, 0.3) is 11.5 Å². The van der Waals surface area contributed by atoms with Gasteiger partial charge in [-0.25, -0.2) is 4.68 Å². The predicted molar refractivity (Wildman–Crippen MR) is 114 cm³/mol. The Morgan fingerprint density at radius 1 is 0.900 bits per heavy atom. The first-order valence-electron chi connectivity index (χ1n) is 10.9. The largest absolute Gasteiger partial charge is 0.342 e. The van der Waals surface area contributed by atoms with Crippen molar-refractivity contribution < 1.29 is 9.59 Å². The molecule has 2 amide bonds. The van der Waals surface area contributed by atoms with E-state index in [0.29, 0.717) is 55.7 Å². The molecule has 2 aromatic rings. The second kappa shape index (κ2) is 8.95. The van der Waals surface area contributed by atoms with E-state index in [4.69, 9.17) is 0 Å². The van der Waals surface area contributed by atoms with E-state index in [0.717, 1.165) is 25.9 Å². The molecule has 0 bridgehead atoms. The standard InChI is InChI=1S/C22H29N5O3/c1-2-27-21(29)18-9-5-4-8-17(18)20(23-27)22(30)26-14-12-24(13-15-26)16-19(28)25-10-6-3-7-11-25/h4-5,8-9H,2-3,6-7,10-16H2,1H3. The lowest BCUT2D eigenvalue weighted by Gasteiger charge is -2.36. The summed E-state index contributed by atoms with van der Waals surface area (Å²) in [4.78, 5) is 44.1. The molecule has 4 rings (SSSR count). The number of amides is 2. The van der Waals surface area contributed by atoms with Crippen LogP contribution in [0.2, 0.25) is 0 Å². The number of piperidine rings is 1. The molecule has 0 radical (unpaired) electrons. The first-order valence-corrected chi connectivity index (χ1v) is 10.9. The van der Waals surface area contributed by atoms with Crippen LogP contribution in [-0.2, 0) is 11.3 Å². The van der Waals surface area contributed by atoms with Gasteiger partial charge in [-0.1, -0.05) is 18.2 Å². The van der Waals surface area contributed by atoms with Gasteiger partial charge in [-0.3, -0.25) is 19.3 Å². The number of piperazine rings is 1. The van der Waals surface area contributed by atoms with E-state index in [1.165, 1.54) is 11.1 Å². The van der Waals surface area contributed by atoms with Gasteiger partial charge in [-0.2, -0.15) is 5.10 Å². The Hall–Kier alpha value is -2.74. The summed E-state index contributed by atoms with van der Waals surface area (Å²) in [5.41, 5.74) is 0.149. The van der Waals surface area contributed by atoms with Gasteiger partial charge >= 0.3 is 0 Å². The van der Waals surface area contributed by atoms with Crippen LogP contribution in [0.5, 0.6) is 0 Å². The number of aromatic nitrogens is 2. The number of likely N-dealkylation sites (tertiary alicyclic amines) is 1. The summed E-state index contributed by atoms with van der Waals surface area (Å²) in [6, 6.07) is 7.15. The van der Waals surface area contributed by atoms with E-state index in [-0.39, 0.29) is 17.4 Å². The zero-order chi connectivity index (χ0) is 21.1. The molecule has 3 heterocycles. The lowest BCUT2D eigenvalue weighted by Crippen LogP contribution is -2.52. The molecule has 0 N–H and O–H groups in total. The summed E-state index contributed by atoms with van der Waals surface area (Å²) in [6.45, 7) is 6.83. The van der Waals surface area contributed by atoms with E-state index in [2.05, 4.69) is 10.00 Å². The van der Waals surface area contributed by atoms with Crippen molar-refractivity contribution in [1.82, 2.24) is 24.5 Å². The molecule has 1 aromatic carbocycles. The lowest BCUT2D eigenvalue weighted by atomic mass is 10.1. The summed E-state index contributed by atoms with van der Waals surface area (Å²) in [6.07, 6.45) is 3.39. The normalized spacial score (nSPS) is 18.0. The maximum atomic E-state index is 13.2. The summed E-state index contributed by atoms with van der Waals surface area (Å²) >= 11 is 0. The minimum Gasteiger partial charge on any atom is -0.342 e. The van der Waals surface area contributed by atoms with Gasteiger partial charge < -0.3 is 9.80 Å². The molecule has 1 aromatic heterocycles. The van der Waals surface area contributed by atoms with Crippen LogP contribution in [0.1, 0.15) is 36.7 Å². The van der Waals surface area contributed by atoms with Crippen LogP contribution in [-0.4, -0.2) is 82.1 Å². The van der Waals surface area contributed by atoms with Crippen molar-refractivity contribution >= 4 is 22.6 Å². The van der Waals surface area contributed by atoms with Crippen molar-refractivity contribution in [3.8, 4) is 0 Å². The number of nitrogens with zero attached hydrogens (tertiary/aromatic N) is 5. The summed E-state index contributed by atoms with van der Waals surface area (Å²) in [5.74, 6) is 0.0348. The third-order valence-electron chi connectivity index (χ3n) is 6.10. The van der Waals surface area contributed by atoms with Crippen LogP contribution in [0, 0.1) is 0 Å².